The van der Waals surface area contributed by atoms with Crippen molar-refractivity contribution in [1.82, 2.24) is 9.97 Å². The Kier molecular flexibility index (Phi) is 2.82. The van der Waals surface area contributed by atoms with Crippen molar-refractivity contribution in [3.8, 4) is 29.0 Å². The Bertz CT molecular complexity index is 903. The molecule has 0 bridgehead atoms. The van der Waals surface area contributed by atoms with E-state index < -0.39 is 0 Å². The molecule has 0 saturated carbocycles. The van der Waals surface area contributed by atoms with E-state index >= 15 is 0 Å². The molecular weight excluding hydrogens is 264 g/mol. The summed E-state index contributed by atoms with van der Waals surface area (Å²) in [7, 11) is 0. The topological polar surface area (TPSA) is 96.5 Å². The van der Waals surface area contributed by atoms with Gasteiger partial charge in [-0.25, -0.2) is 4.98 Å². The van der Waals surface area contributed by atoms with Gasteiger partial charge in [-0.05, 0) is 36.2 Å². The first-order valence-corrected chi connectivity index (χ1v) is 6.26. The highest BCUT2D eigenvalue weighted by molar-refractivity contribution is 5.86. The average molecular weight is 274 g/mol. The number of aromatic amines is 1. The molecule has 1 aromatic heterocycles. The van der Waals surface area contributed by atoms with Crippen LogP contribution in [0.5, 0.6) is 5.75 Å². The Labute approximate surface area is 120 Å². The number of aromatic hydroxyl groups is 1. The molecule has 0 aliphatic carbocycles. The van der Waals surface area contributed by atoms with Gasteiger partial charge in [-0.3, -0.25) is 0 Å². The van der Waals surface area contributed by atoms with Crippen LogP contribution in [0, 0.1) is 29.6 Å². The summed E-state index contributed by atoms with van der Waals surface area (Å²) in [6, 6.07) is 10.9. The summed E-state index contributed by atoms with van der Waals surface area (Å²) in [4.78, 5) is 7.15. The van der Waals surface area contributed by atoms with Gasteiger partial charge in [-0.15, -0.1) is 0 Å². The lowest BCUT2D eigenvalue weighted by Crippen LogP contribution is -1.93. The molecule has 5 nitrogen and oxygen atoms in total. The molecule has 0 unspecified atom stereocenters. The Hall–Kier alpha value is -3.31. The van der Waals surface area contributed by atoms with E-state index in [4.69, 9.17) is 5.26 Å². The predicted molar refractivity (Wildman–Crippen MR) is 77.4 cm³/mol. The van der Waals surface area contributed by atoms with Crippen LogP contribution in [0.25, 0.3) is 22.2 Å². The number of hydrogen-bond donors (Lipinski definition) is 2. The van der Waals surface area contributed by atoms with Gasteiger partial charge < -0.3 is 10.1 Å². The maximum atomic E-state index is 10.3. The minimum atomic E-state index is -0.104. The third kappa shape index (κ3) is 1.89. The maximum Gasteiger partial charge on any atom is 0.141 e. The highest BCUT2D eigenvalue weighted by Crippen LogP contribution is 2.37. The summed E-state index contributed by atoms with van der Waals surface area (Å²) < 4.78 is 0. The SMILES string of the molecule is Cc1c(C#N)cc(C#N)c(O)c1-c1ccc2nc[nH]c2c1. The van der Waals surface area contributed by atoms with Crippen molar-refractivity contribution < 1.29 is 5.11 Å². The van der Waals surface area contributed by atoms with E-state index in [-0.39, 0.29) is 11.3 Å². The minimum Gasteiger partial charge on any atom is -0.506 e. The molecule has 0 fully saturated rings. The maximum absolute atomic E-state index is 10.3. The number of nitriles is 2. The van der Waals surface area contributed by atoms with Crippen molar-refractivity contribution in [2.75, 3.05) is 0 Å². The third-order valence-corrected chi connectivity index (χ3v) is 3.51. The zero-order valence-electron chi connectivity index (χ0n) is 11.2. The van der Waals surface area contributed by atoms with Gasteiger partial charge in [0.15, 0.2) is 0 Å². The second-order valence-electron chi connectivity index (χ2n) is 4.68. The molecule has 3 aromatic rings. The lowest BCUT2D eigenvalue weighted by Gasteiger charge is -2.12. The number of aromatic nitrogens is 2. The normalized spacial score (nSPS) is 10.2. The van der Waals surface area contributed by atoms with Crippen LogP contribution in [0.15, 0.2) is 30.6 Å². The number of rotatable bonds is 1. The summed E-state index contributed by atoms with van der Waals surface area (Å²) in [5, 5.41) is 28.6. The molecule has 5 heteroatoms. The Morgan fingerprint density at radius 2 is 1.90 bits per heavy atom. The molecular formula is C16H10N4O. The zero-order valence-corrected chi connectivity index (χ0v) is 11.2. The van der Waals surface area contributed by atoms with Gasteiger partial charge in [0.05, 0.1) is 34.6 Å². The smallest absolute Gasteiger partial charge is 0.141 e. The summed E-state index contributed by atoms with van der Waals surface area (Å²) >= 11 is 0. The first kappa shape index (κ1) is 12.7. The standard InChI is InChI=1S/C16H10N4O/c1-9-11(6-17)4-12(7-18)16(21)15(9)10-2-3-13-14(5-10)20-8-19-13/h2-5,8,21H,1H3,(H,19,20). The van der Waals surface area contributed by atoms with Crippen LogP contribution in [0.1, 0.15) is 16.7 Å². The fourth-order valence-corrected chi connectivity index (χ4v) is 2.41. The number of benzene rings is 2. The van der Waals surface area contributed by atoms with Crippen molar-refractivity contribution in [1.29, 1.82) is 10.5 Å². The quantitative estimate of drug-likeness (QED) is 0.712. The minimum absolute atomic E-state index is 0.0943. The van der Waals surface area contributed by atoms with Crippen LogP contribution in [0.2, 0.25) is 0 Å². The number of nitrogens with one attached hydrogen (secondary N) is 1. The van der Waals surface area contributed by atoms with Crippen LogP contribution in [0.3, 0.4) is 0 Å². The zero-order chi connectivity index (χ0) is 15.0. The van der Waals surface area contributed by atoms with Gasteiger partial charge in [0.1, 0.15) is 11.8 Å². The van der Waals surface area contributed by atoms with Gasteiger partial charge in [-0.2, -0.15) is 10.5 Å². The number of imidazole rings is 1. The summed E-state index contributed by atoms with van der Waals surface area (Å²) in [6.07, 6.45) is 1.59. The Morgan fingerprint density at radius 3 is 2.62 bits per heavy atom. The van der Waals surface area contributed by atoms with Gasteiger partial charge in [-0.1, -0.05) is 6.07 Å². The molecule has 0 amide bonds. The molecule has 0 spiro atoms. The van der Waals surface area contributed by atoms with Crippen LogP contribution >= 0.6 is 0 Å². The molecule has 0 saturated heterocycles. The number of hydrogen-bond acceptors (Lipinski definition) is 4. The molecule has 0 aliphatic heterocycles. The number of H-pyrrole nitrogens is 1. The molecule has 0 atom stereocenters. The Morgan fingerprint density at radius 1 is 1.14 bits per heavy atom. The summed E-state index contributed by atoms with van der Waals surface area (Å²) in [5.74, 6) is -0.104. The van der Waals surface area contributed by atoms with Crippen molar-refractivity contribution in [2.45, 2.75) is 6.92 Å². The van der Waals surface area contributed by atoms with Gasteiger partial charge in [0.2, 0.25) is 0 Å². The Balaban J connectivity index is 2.35. The lowest BCUT2D eigenvalue weighted by molar-refractivity contribution is 0.475. The lowest BCUT2D eigenvalue weighted by atomic mass is 9.93. The van der Waals surface area contributed by atoms with Crippen molar-refractivity contribution in [2.24, 2.45) is 0 Å². The van der Waals surface area contributed by atoms with Gasteiger partial charge in [0, 0.05) is 5.56 Å². The molecule has 2 N–H and O–H groups in total. The van der Waals surface area contributed by atoms with E-state index in [1.54, 1.807) is 13.3 Å². The predicted octanol–water partition coefficient (Wildman–Crippen LogP) is 2.99. The average Bonchev–Trinajstić information content (AvgIpc) is 2.95. The summed E-state index contributed by atoms with van der Waals surface area (Å²) in [6.45, 7) is 1.76. The molecule has 0 aliphatic rings. The van der Waals surface area contributed by atoms with Crippen molar-refractivity contribution in [3.05, 3.63) is 47.3 Å². The molecule has 3 rings (SSSR count). The van der Waals surface area contributed by atoms with Gasteiger partial charge in [0.25, 0.3) is 0 Å². The van der Waals surface area contributed by atoms with Gasteiger partial charge >= 0.3 is 0 Å². The molecule has 2 aromatic carbocycles. The van der Waals surface area contributed by atoms with Crippen LogP contribution in [0.4, 0.5) is 0 Å². The molecule has 100 valence electrons. The third-order valence-electron chi connectivity index (χ3n) is 3.51. The van der Waals surface area contributed by atoms with E-state index in [1.807, 2.05) is 24.3 Å². The van der Waals surface area contributed by atoms with Crippen molar-refractivity contribution >= 4 is 11.0 Å². The number of nitrogens with zero attached hydrogens (tertiary/aromatic N) is 3. The van der Waals surface area contributed by atoms with Crippen LogP contribution < -0.4 is 0 Å². The highest BCUT2D eigenvalue weighted by Gasteiger charge is 2.17. The van der Waals surface area contributed by atoms with E-state index in [0.717, 1.165) is 16.6 Å². The van der Waals surface area contributed by atoms with Crippen LogP contribution in [-0.4, -0.2) is 15.1 Å². The van der Waals surface area contributed by atoms with Crippen molar-refractivity contribution in [3.63, 3.8) is 0 Å². The number of phenolic OH excluding ortho intramolecular Hbond substituents is 1. The second kappa shape index (κ2) is 4.66. The van der Waals surface area contributed by atoms with E-state index in [0.29, 0.717) is 16.7 Å². The fraction of sp³-hybridized carbons (Fsp3) is 0.0625. The molecule has 0 radical (unpaired) electrons. The second-order valence-corrected chi connectivity index (χ2v) is 4.68. The first-order chi connectivity index (χ1) is 10.2. The van der Waals surface area contributed by atoms with E-state index in [9.17, 15) is 10.4 Å². The van der Waals surface area contributed by atoms with Crippen LogP contribution in [-0.2, 0) is 0 Å². The van der Waals surface area contributed by atoms with E-state index in [2.05, 4.69) is 16.0 Å². The molecule has 1 heterocycles. The fourth-order valence-electron chi connectivity index (χ4n) is 2.41. The highest BCUT2D eigenvalue weighted by atomic mass is 16.3. The largest absolute Gasteiger partial charge is 0.506 e. The van der Waals surface area contributed by atoms with E-state index in [1.165, 1.54) is 6.07 Å². The number of fused-ring (bicyclic) bond motifs is 1. The first-order valence-electron chi connectivity index (χ1n) is 6.26. The molecule has 21 heavy (non-hydrogen) atoms. The number of phenols is 1. The monoisotopic (exact) mass is 274 g/mol. The summed E-state index contributed by atoms with van der Waals surface area (Å²) in [5.41, 5.74) is 3.99.